The molecule has 0 nitrogen and oxygen atoms in total. The first-order valence-electron chi connectivity index (χ1n) is 3.93. The summed E-state index contributed by atoms with van der Waals surface area (Å²) in [6, 6.07) is 14.9. The quantitative estimate of drug-likeness (QED) is 0.596. The van der Waals surface area contributed by atoms with Gasteiger partial charge < -0.3 is 0 Å². The molecule has 0 aromatic carbocycles. The van der Waals surface area contributed by atoms with E-state index in [0.29, 0.717) is 0 Å². The van der Waals surface area contributed by atoms with Crippen LogP contribution in [0.3, 0.4) is 0 Å². The summed E-state index contributed by atoms with van der Waals surface area (Å²) in [5, 5.41) is 0. The molecule has 1 heteroatoms. The predicted molar refractivity (Wildman–Crippen MR) is 54.8 cm³/mol. The molecule has 0 aliphatic heterocycles. The van der Waals surface area contributed by atoms with Crippen molar-refractivity contribution in [1.29, 1.82) is 0 Å². The van der Waals surface area contributed by atoms with Gasteiger partial charge in [-0.2, -0.15) is 0 Å². The van der Waals surface area contributed by atoms with Crippen molar-refractivity contribution in [2.24, 2.45) is 0 Å². The number of fused-ring (bicyclic) bond motifs is 1. The van der Waals surface area contributed by atoms with Crippen LogP contribution in [0.25, 0.3) is 11.1 Å². The number of hydrogen-bond acceptors (Lipinski definition) is 1. The summed E-state index contributed by atoms with van der Waals surface area (Å²) in [5.41, 5.74) is 2.65. The van der Waals surface area contributed by atoms with Crippen LogP contribution in [-0.4, -0.2) is 6.26 Å². The third-order valence-corrected chi connectivity index (χ3v) is 2.65. The maximum atomic E-state index is 2.22. The minimum absolute atomic E-state index is 1.32. The van der Waals surface area contributed by atoms with E-state index >= 15 is 0 Å². The van der Waals surface area contributed by atoms with Crippen LogP contribution < -0.4 is 0 Å². The molecule has 0 aromatic rings. The number of rotatable bonds is 1. The summed E-state index contributed by atoms with van der Waals surface area (Å²) in [7, 11) is 0. The molecule has 0 bridgehead atoms. The molecule has 0 spiro atoms. The minimum atomic E-state index is 1.32. The molecule has 0 heterocycles. The molecule has 0 amide bonds. The Kier molecular flexibility index (Phi) is 2.05. The Balaban J connectivity index is 2.61. The first-order chi connectivity index (χ1) is 5.90. The van der Waals surface area contributed by atoms with Crippen molar-refractivity contribution in [2.45, 2.75) is 4.90 Å². The Morgan fingerprint density at radius 3 is 2.00 bits per heavy atom. The van der Waals surface area contributed by atoms with Crippen molar-refractivity contribution in [1.82, 2.24) is 0 Å². The van der Waals surface area contributed by atoms with Gasteiger partial charge in [0.05, 0.1) is 0 Å². The van der Waals surface area contributed by atoms with Crippen LogP contribution in [0.5, 0.6) is 0 Å². The van der Waals surface area contributed by atoms with E-state index in [1.54, 1.807) is 11.8 Å². The third-order valence-electron chi connectivity index (χ3n) is 1.94. The predicted octanol–water partition coefficient (Wildman–Crippen LogP) is 3.51. The van der Waals surface area contributed by atoms with E-state index in [9.17, 15) is 0 Å². The highest BCUT2D eigenvalue weighted by atomic mass is 32.2. The molecule has 0 unspecified atom stereocenters. The van der Waals surface area contributed by atoms with Gasteiger partial charge in [0.15, 0.2) is 0 Å². The highest BCUT2D eigenvalue weighted by Crippen LogP contribution is 2.29. The standard InChI is InChI=1S/C11H10S/c1-12-11-7-9-5-3-2-4-6-10(9)8-11/h2-8H,1H3. The summed E-state index contributed by atoms with van der Waals surface area (Å²) in [6.45, 7) is 0. The topological polar surface area (TPSA) is 0 Å². The first kappa shape index (κ1) is 7.69. The lowest BCUT2D eigenvalue weighted by Crippen LogP contribution is -1.59. The highest BCUT2D eigenvalue weighted by molar-refractivity contribution is 7.98. The van der Waals surface area contributed by atoms with E-state index in [1.165, 1.54) is 16.0 Å². The lowest BCUT2D eigenvalue weighted by molar-refractivity contribution is 1.60. The number of hydrogen-bond donors (Lipinski definition) is 0. The zero-order chi connectivity index (χ0) is 8.39. The zero-order valence-corrected chi connectivity index (χ0v) is 7.77. The van der Waals surface area contributed by atoms with Crippen LogP contribution in [-0.2, 0) is 0 Å². The summed E-state index contributed by atoms with van der Waals surface area (Å²) >= 11 is 1.79. The van der Waals surface area contributed by atoms with Crippen molar-refractivity contribution >= 4 is 11.8 Å². The summed E-state index contributed by atoms with van der Waals surface area (Å²) < 4.78 is 0. The second kappa shape index (κ2) is 3.20. The smallest absolute Gasteiger partial charge is 0.00814 e. The summed E-state index contributed by atoms with van der Waals surface area (Å²) in [4.78, 5) is 1.34. The summed E-state index contributed by atoms with van der Waals surface area (Å²) in [6.07, 6.45) is 2.11. The van der Waals surface area contributed by atoms with E-state index in [2.05, 4.69) is 48.7 Å². The normalized spacial score (nSPS) is 10.4. The Hall–Kier alpha value is -0.950. The van der Waals surface area contributed by atoms with Crippen molar-refractivity contribution in [3.8, 4) is 11.1 Å². The molecule has 0 radical (unpaired) electrons. The molecule has 0 N–H and O–H groups in total. The molecule has 0 aromatic heterocycles. The Morgan fingerprint density at radius 2 is 1.50 bits per heavy atom. The van der Waals surface area contributed by atoms with Crippen molar-refractivity contribution in [3.05, 3.63) is 42.5 Å². The van der Waals surface area contributed by atoms with Gasteiger partial charge >= 0.3 is 0 Å². The Morgan fingerprint density at radius 1 is 0.917 bits per heavy atom. The van der Waals surface area contributed by atoms with Gasteiger partial charge in [-0.05, 0) is 29.5 Å². The van der Waals surface area contributed by atoms with Crippen LogP contribution in [0.2, 0.25) is 0 Å². The van der Waals surface area contributed by atoms with E-state index in [-0.39, 0.29) is 0 Å². The lowest BCUT2D eigenvalue weighted by atomic mass is 10.2. The van der Waals surface area contributed by atoms with Crippen LogP contribution in [0.15, 0.2) is 47.4 Å². The van der Waals surface area contributed by atoms with Crippen LogP contribution in [0.1, 0.15) is 0 Å². The highest BCUT2D eigenvalue weighted by Gasteiger charge is 2.02. The van der Waals surface area contributed by atoms with Crippen molar-refractivity contribution in [2.75, 3.05) is 6.26 Å². The minimum Gasteiger partial charge on any atom is -0.130 e. The van der Waals surface area contributed by atoms with Gasteiger partial charge in [0, 0.05) is 4.90 Å². The molecule has 2 rings (SSSR count). The second-order valence-corrected chi connectivity index (χ2v) is 3.60. The Labute approximate surface area is 77.0 Å². The molecule has 2 aliphatic rings. The second-order valence-electron chi connectivity index (χ2n) is 2.72. The van der Waals surface area contributed by atoms with Crippen LogP contribution >= 0.6 is 11.8 Å². The van der Waals surface area contributed by atoms with E-state index in [0.717, 1.165) is 0 Å². The zero-order valence-electron chi connectivity index (χ0n) is 6.95. The molecular weight excluding hydrogens is 164 g/mol. The molecule has 60 valence electrons. The molecule has 0 saturated carbocycles. The van der Waals surface area contributed by atoms with Gasteiger partial charge in [-0.15, -0.1) is 11.8 Å². The van der Waals surface area contributed by atoms with E-state index in [1.807, 2.05) is 0 Å². The largest absolute Gasteiger partial charge is 0.130 e. The van der Waals surface area contributed by atoms with Crippen LogP contribution in [0.4, 0.5) is 0 Å². The van der Waals surface area contributed by atoms with E-state index in [4.69, 9.17) is 0 Å². The van der Waals surface area contributed by atoms with Gasteiger partial charge in [0.2, 0.25) is 0 Å². The van der Waals surface area contributed by atoms with Crippen molar-refractivity contribution in [3.63, 3.8) is 0 Å². The van der Waals surface area contributed by atoms with Gasteiger partial charge in [0.1, 0.15) is 0 Å². The molecule has 0 atom stereocenters. The SMILES string of the molecule is CSc1cc2cccccc-2c1. The van der Waals surface area contributed by atoms with E-state index < -0.39 is 0 Å². The summed E-state index contributed by atoms with van der Waals surface area (Å²) in [5.74, 6) is 0. The van der Waals surface area contributed by atoms with Gasteiger partial charge in [-0.1, -0.05) is 30.3 Å². The van der Waals surface area contributed by atoms with Gasteiger partial charge in [-0.25, -0.2) is 0 Å². The molecule has 12 heavy (non-hydrogen) atoms. The fourth-order valence-corrected chi connectivity index (χ4v) is 1.79. The molecule has 2 aliphatic carbocycles. The molecule has 0 fully saturated rings. The molecular formula is C11H10S. The van der Waals surface area contributed by atoms with Crippen molar-refractivity contribution < 1.29 is 0 Å². The van der Waals surface area contributed by atoms with Gasteiger partial charge in [0.25, 0.3) is 0 Å². The number of thioether (sulfide) groups is 1. The fourth-order valence-electron chi connectivity index (χ4n) is 1.30. The third kappa shape index (κ3) is 1.32. The monoisotopic (exact) mass is 174 g/mol. The van der Waals surface area contributed by atoms with Crippen LogP contribution in [0, 0.1) is 0 Å². The van der Waals surface area contributed by atoms with Gasteiger partial charge in [-0.3, -0.25) is 0 Å². The lowest BCUT2D eigenvalue weighted by Gasteiger charge is -1.85. The Bertz CT molecular complexity index is 323. The average Bonchev–Trinajstić information content (AvgIpc) is 2.37. The average molecular weight is 174 g/mol. The first-order valence-corrected chi connectivity index (χ1v) is 5.15. The molecule has 0 saturated heterocycles. The maximum Gasteiger partial charge on any atom is 0.00814 e. The maximum absolute atomic E-state index is 2.22. The fraction of sp³-hybridized carbons (Fsp3) is 0.0909.